The topological polar surface area (TPSA) is 61.3 Å². The van der Waals surface area contributed by atoms with Gasteiger partial charge in [-0.05, 0) is 17.7 Å². The van der Waals surface area contributed by atoms with Crippen LogP contribution in [0.5, 0.6) is 5.75 Å². The summed E-state index contributed by atoms with van der Waals surface area (Å²) in [5, 5.41) is -0.154. The van der Waals surface area contributed by atoms with E-state index in [0.717, 1.165) is 6.07 Å². The molecule has 0 aliphatic heterocycles. The van der Waals surface area contributed by atoms with Crippen LogP contribution in [0.1, 0.15) is 11.6 Å². The Kier molecular flexibility index (Phi) is 6.04. The minimum atomic E-state index is -4.76. The molecule has 1 atom stereocenters. The van der Waals surface area contributed by atoms with Crippen LogP contribution in [0.4, 0.5) is 13.2 Å². The molecule has 0 aliphatic rings. The van der Waals surface area contributed by atoms with Crippen LogP contribution < -0.4 is 16.2 Å². The van der Waals surface area contributed by atoms with Gasteiger partial charge in [0, 0.05) is 12.6 Å². The van der Waals surface area contributed by atoms with Crippen molar-refractivity contribution in [1.29, 1.82) is 0 Å². The molecular formula is C9H11Cl2F3N2O. The van der Waals surface area contributed by atoms with Gasteiger partial charge in [-0.15, -0.1) is 25.6 Å². The van der Waals surface area contributed by atoms with Crippen LogP contribution in [0.3, 0.4) is 0 Å². The van der Waals surface area contributed by atoms with Crippen LogP contribution in [0, 0.1) is 0 Å². The number of rotatable bonds is 3. The van der Waals surface area contributed by atoms with Crippen molar-refractivity contribution in [1.82, 2.24) is 0 Å². The van der Waals surface area contributed by atoms with E-state index in [2.05, 4.69) is 4.74 Å². The lowest BCUT2D eigenvalue weighted by atomic mass is 10.1. The predicted molar refractivity (Wildman–Crippen MR) is 61.4 cm³/mol. The highest BCUT2D eigenvalue weighted by molar-refractivity contribution is 6.32. The standard InChI is InChI=1S/C9H10ClF3N2O.ClH/c10-6-3-5(7(15)4-14)1-2-8(6)16-9(11,12)13;/h1-3,7H,4,14-15H2;1H/t7-;/m1./s1. The number of hydrogen-bond donors (Lipinski definition) is 2. The van der Waals surface area contributed by atoms with Gasteiger partial charge in [-0.1, -0.05) is 17.7 Å². The van der Waals surface area contributed by atoms with Gasteiger partial charge in [-0.3, -0.25) is 0 Å². The largest absolute Gasteiger partial charge is 0.573 e. The monoisotopic (exact) mass is 290 g/mol. The second kappa shape index (κ2) is 6.30. The predicted octanol–water partition coefficient (Wildman–Crippen LogP) is 2.62. The van der Waals surface area contributed by atoms with Gasteiger partial charge in [0.2, 0.25) is 0 Å². The van der Waals surface area contributed by atoms with Crippen molar-refractivity contribution in [3.8, 4) is 5.75 Å². The fourth-order valence-electron chi connectivity index (χ4n) is 1.09. The summed E-state index contributed by atoms with van der Waals surface area (Å²) in [7, 11) is 0. The fraction of sp³-hybridized carbons (Fsp3) is 0.333. The van der Waals surface area contributed by atoms with Gasteiger partial charge >= 0.3 is 6.36 Å². The molecular weight excluding hydrogens is 280 g/mol. The first-order valence-electron chi connectivity index (χ1n) is 4.34. The summed E-state index contributed by atoms with van der Waals surface area (Å²) in [6.07, 6.45) is -4.76. The molecule has 0 unspecified atom stereocenters. The van der Waals surface area contributed by atoms with E-state index in [1.54, 1.807) is 0 Å². The summed E-state index contributed by atoms with van der Waals surface area (Å²) in [5.41, 5.74) is 11.5. The van der Waals surface area contributed by atoms with Crippen LogP contribution in [0.15, 0.2) is 18.2 Å². The molecule has 0 bridgehead atoms. The second-order valence-electron chi connectivity index (χ2n) is 3.08. The molecule has 0 amide bonds. The number of nitrogens with two attached hydrogens (primary N) is 2. The zero-order valence-electron chi connectivity index (χ0n) is 8.50. The van der Waals surface area contributed by atoms with Crippen molar-refractivity contribution in [2.75, 3.05) is 6.54 Å². The van der Waals surface area contributed by atoms with Crippen molar-refractivity contribution < 1.29 is 17.9 Å². The number of benzene rings is 1. The van der Waals surface area contributed by atoms with Crippen molar-refractivity contribution in [3.63, 3.8) is 0 Å². The van der Waals surface area contributed by atoms with Gasteiger partial charge in [0.15, 0.2) is 0 Å². The van der Waals surface area contributed by atoms with E-state index in [1.165, 1.54) is 12.1 Å². The molecule has 0 radical (unpaired) electrons. The molecule has 0 heterocycles. The molecule has 17 heavy (non-hydrogen) atoms. The Balaban J connectivity index is 0.00000256. The maximum absolute atomic E-state index is 11.9. The van der Waals surface area contributed by atoms with Gasteiger partial charge in [0.25, 0.3) is 0 Å². The lowest BCUT2D eigenvalue weighted by Crippen LogP contribution is -2.21. The minimum Gasteiger partial charge on any atom is -0.404 e. The first-order valence-corrected chi connectivity index (χ1v) is 4.72. The van der Waals surface area contributed by atoms with Crippen LogP contribution in [-0.2, 0) is 0 Å². The minimum absolute atomic E-state index is 0. The first-order chi connectivity index (χ1) is 7.33. The Morgan fingerprint density at radius 3 is 2.35 bits per heavy atom. The van der Waals surface area contributed by atoms with Crippen LogP contribution in [0.25, 0.3) is 0 Å². The van der Waals surface area contributed by atoms with E-state index >= 15 is 0 Å². The molecule has 0 fully saturated rings. The van der Waals surface area contributed by atoms with Crippen LogP contribution in [0.2, 0.25) is 5.02 Å². The van der Waals surface area contributed by atoms with E-state index in [9.17, 15) is 13.2 Å². The molecule has 98 valence electrons. The lowest BCUT2D eigenvalue weighted by Gasteiger charge is -2.13. The van der Waals surface area contributed by atoms with Crippen molar-refractivity contribution in [3.05, 3.63) is 28.8 Å². The summed E-state index contributed by atoms with van der Waals surface area (Å²) < 4.78 is 39.5. The molecule has 0 aliphatic carbocycles. The highest BCUT2D eigenvalue weighted by Crippen LogP contribution is 2.31. The van der Waals surface area contributed by atoms with E-state index in [1.807, 2.05) is 0 Å². The summed E-state index contributed by atoms with van der Waals surface area (Å²) in [5.74, 6) is -0.456. The third-order valence-electron chi connectivity index (χ3n) is 1.86. The zero-order valence-corrected chi connectivity index (χ0v) is 10.1. The highest BCUT2D eigenvalue weighted by atomic mass is 35.5. The Bertz CT molecular complexity index is 374. The normalized spacial score (nSPS) is 12.8. The molecule has 0 saturated heterocycles. The van der Waals surface area contributed by atoms with Crippen LogP contribution in [-0.4, -0.2) is 12.9 Å². The fourth-order valence-corrected chi connectivity index (χ4v) is 1.32. The van der Waals surface area contributed by atoms with Gasteiger partial charge in [0.1, 0.15) is 5.75 Å². The molecule has 1 aromatic carbocycles. The molecule has 0 spiro atoms. The second-order valence-corrected chi connectivity index (χ2v) is 3.49. The highest BCUT2D eigenvalue weighted by Gasteiger charge is 2.32. The molecule has 1 aromatic rings. The van der Waals surface area contributed by atoms with Gasteiger partial charge in [0.05, 0.1) is 5.02 Å². The Labute approximate surface area is 107 Å². The van der Waals surface area contributed by atoms with Gasteiger partial charge < -0.3 is 16.2 Å². The van der Waals surface area contributed by atoms with Crippen molar-refractivity contribution in [2.45, 2.75) is 12.4 Å². The van der Waals surface area contributed by atoms with Gasteiger partial charge in [-0.25, -0.2) is 0 Å². The Morgan fingerprint density at radius 2 is 1.94 bits per heavy atom. The summed E-state index contributed by atoms with van der Waals surface area (Å²) in [6, 6.07) is 3.35. The Hall–Kier alpha value is -0.690. The number of halogens is 5. The molecule has 3 nitrogen and oxygen atoms in total. The maximum atomic E-state index is 11.9. The molecule has 4 N–H and O–H groups in total. The number of ether oxygens (including phenoxy) is 1. The molecule has 8 heteroatoms. The quantitative estimate of drug-likeness (QED) is 0.900. The van der Waals surface area contributed by atoms with Crippen molar-refractivity contribution in [2.24, 2.45) is 11.5 Å². The van der Waals surface area contributed by atoms with Crippen LogP contribution >= 0.6 is 24.0 Å². The number of hydrogen-bond acceptors (Lipinski definition) is 3. The summed E-state index contributed by atoms with van der Waals surface area (Å²) >= 11 is 5.62. The maximum Gasteiger partial charge on any atom is 0.573 e. The van der Waals surface area contributed by atoms with E-state index < -0.39 is 18.2 Å². The van der Waals surface area contributed by atoms with Gasteiger partial charge in [-0.2, -0.15) is 0 Å². The summed E-state index contributed by atoms with van der Waals surface area (Å²) in [6.45, 7) is 0.176. The average molecular weight is 291 g/mol. The third-order valence-corrected chi connectivity index (χ3v) is 2.16. The SMILES string of the molecule is Cl.NC[C@@H](N)c1ccc(OC(F)(F)F)c(Cl)c1. The smallest absolute Gasteiger partial charge is 0.404 e. The third kappa shape index (κ3) is 4.99. The molecule has 0 saturated carbocycles. The molecule has 0 aromatic heterocycles. The van der Waals surface area contributed by atoms with E-state index in [4.69, 9.17) is 23.1 Å². The zero-order chi connectivity index (χ0) is 12.3. The number of alkyl halides is 3. The average Bonchev–Trinajstić information content (AvgIpc) is 2.18. The first kappa shape index (κ1) is 16.3. The van der Waals surface area contributed by atoms with E-state index in [-0.39, 0.29) is 24.0 Å². The Morgan fingerprint density at radius 1 is 1.35 bits per heavy atom. The lowest BCUT2D eigenvalue weighted by molar-refractivity contribution is -0.274. The van der Waals surface area contributed by atoms with Crippen molar-refractivity contribution >= 4 is 24.0 Å². The summed E-state index contributed by atoms with van der Waals surface area (Å²) in [4.78, 5) is 0. The molecule has 1 rings (SSSR count). The van der Waals surface area contributed by atoms with E-state index in [0.29, 0.717) is 5.56 Å².